The van der Waals surface area contributed by atoms with E-state index in [4.69, 9.17) is 4.78 Å². The van der Waals surface area contributed by atoms with Gasteiger partial charge in [0, 0.05) is 19.0 Å². The van der Waals surface area contributed by atoms with Crippen LogP contribution in [0.4, 0.5) is 23.7 Å². The lowest BCUT2D eigenvalue weighted by atomic mass is 9.93. The lowest BCUT2D eigenvalue weighted by Gasteiger charge is -2.40. The first-order valence-electron chi connectivity index (χ1n) is 9.44. The minimum Gasteiger partial charge on any atom is -0.315 e. The third-order valence-electron chi connectivity index (χ3n) is 5.29. The second-order valence-electron chi connectivity index (χ2n) is 7.50. The van der Waals surface area contributed by atoms with Crippen molar-refractivity contribution in [2.24, 2.45) is 0 Å². The third-order valence-corrected chi connectivity index (χ3v) is 6.48. The summed E-state index contributed by atoms with van der Waals surface area (Å²) in [6, 6.07) is 10.5. The Balaban J connectivity index is 2.25. The van der Waals surface area contributed by atoms with Gasteiger partial charge in [-0.2, -0.15) is 23.7 Å². The number of amides is 2. The van der Waals surface area contributed by atoms with E-state index in [0.717, 1.165) is 28.2 Å². The van der Waals surface area contributed by atoms with Crippen LogP contribution in [-0.2, 0) is 15.9 Å². The Hall–Kier alpha value is -3.83. The van der Waals surface area contributed by atoms with E-state index in [2.05, 4.69) is 0 Å². The van der Waals surface area contributed by atoms with Crippen molar-refractivity contribution in [3.8, 4) is 12.1 Å². The lowest BCUT2D eigenvalue weighted by Crippen LogP contribution is -2.47. The fourth-order valence-corrected chi connectivity index (χ4v) is 4.70. The average molecular weight is 473 g/mol. The quantitative estimate of drug-likeness (QED) is 0.674. The summed E-state index contributed by atoms with van der Waals surface area (Å²) in [6.07, 6.45) is -3.46. The molecule has 1 N–H and O–H groups in total. The Labute approximate surface area is 188 Å². The maximum Gasteiger partial charge on any atom is 0.416 e. The van der Waals surface area contributed by atoms with Gasteiger partial charge >= 0.3 is 12.2 Å². The Kier molecular flexibility index (Phi) is 5.96. The van der Waals surface area contributed by atoms with E-state index in [-0.39, 0.29) is 33.0 Å². The average Bonchev–Trinajstić information content (AvgIpc) is 2.75. The topological polar surface area (TPSA) is 112 Å². The predicted molar refractivity (Wildman–Crippen MR) is 114 cm³/mol. The molecule has 7 nitrogen and oxygen atoms in total. The van der Waals surface area contributed by atoms with Gasteiger partial charge in [-0.3, -0.25) is 4.90 Å². The molecule has 2 aromatic rings. The zero-order chi connectivity index (χ0) is 24.7. The second-order valence-corrected chi connectivity index (χ2v) is 9.63. The van der Waals surface area contributed by atoms with Crippen molar-refractivity contribution >= 4 is 21.4 Å². The summed E-state index contributed by atoms with van der Waals surface area (Å²) in [5.74, 6) is 0. The summed E-state index contributed by atoms with van der Waals surface area (Å²) < 4.78 is 60.3. The maximum atomic E-state index is 13.3. The van der Waals surface area contributed by atoms with Gasteiger partial charge in [-0.1, -0.05) is 12.1 Å². The van der Waals surface area contributed by atoms with E-state index in [1.54, 1.807) is 0 Å². The molecule has 2 atom stereocenters. The molecule has 11 heteroatoms. The number of anilines is 1. The molecule has 0 saturated carbocycles. The number of rotatable bonds is 3. The molecule has 0 spiro atoms. The highest BCUT2D eigenvalue weighted by molar-refractivity contribution is 7.91. The van der Waals surface area contributed by atoms with Gasteiger partial charge in [0.25, 0.3) is 0 Å². The molecule has 0 saturated heterocycles. The van der Waals surface area contributed by atoms with Crippen LogP contribution in [0.25, 0.3) is 0 Å². The van der Waals surface area contributed by atoms with Crippen molar-refractivity contribution in [3.05, 3.63) is 70.4 Å². The number of nitrogens with zero attached hydrogens (tertiary/aromatic N) is 4. The number of alkyl halides is 3. The van der Waals surface area contributed by atoms with Crippen LogP contribution in [0.5, 0.6) is 0 Å². The Morgan fingerprint density at radius 2 is 1.79 bits per heavy atom. The van der Waals surface area contributed by atoms with Gasteiger partial charge in [0.15, 0.2) is 0 Å². The minimum atomic E-state index is -4.62. The van der Waals surface area contributed by atoms with Crippen LogP contribution in [0.2, 0.25) is 0 Å². The zero-order valence-electron chi connectivity index (χ0n) is 17.8. The largest absolute Gasteiger partial charge is 0.416 e. The Bertz CT molecular complexity index is 1370. The second kappa shape index (κ2) is 8.26. The SMILES string of the molecule is CC1=C(C#N)C(c2ccc(C#N)cc2S(C)(=N)=O)N(C)C(=O)N1c1cccc(C(F)(F)F)c1. The smallest absolute Gasteiger partial charge is 0.315 e. The highest BCUT2D eigenvalue weighted by Gasteiger charge is 2.40. The van der Waals surface area contributed by atoms with Crippen molar-refractivity contribution < 1.29 is 22.2 Å². The van der Waals surface area contributed by atoms with E-state index in [0.29, 0.717) is 0 Å². The number of hydrogen-bond acceptors (Lipinski definition) is 5. The van der Waals surface area contributed by atoms with E-state index in [1.165, 1.54) is 44.3 Å². The molecule has 2 aromatic carbocycles. The molecule has 0 radical (unpaired) electrons. The normalized spacial score (nSPS) is 18.5. The molecule has 0 aromatic heterocycles. The van der Waals surface area contributed by atoms with E-state index < -0.39 is 33.5 Å². The number of nitriles is 2. The van der Waals surface area contributed by atoms with Crippen molar-refractivity contribution in [1.82, 2.24) is 4.90 Å². The molecule has 1 aliphatic heterocycles. The van der Waals surface area contributed by atoms with Gasteiger partial charge in [-0.15, -0.1) is 0 Å². The molecule has 0 fully saturated rings. The fourth-order valence-electron chi connectivity index (χ4n) is 3.72. The molecule has 0 bridgehead atoms. The zero-order valence-corrected chi connectivity index (χ0v) is 18.6. The molecule has 3 rings (SSSR count). The minimum absolute atomic E-state index is 0.000677. The van der Waals surface area contributed by atoms with Crippen molar-refractivity contribution in [2.75, 3.05) is 18.2 Å². The van der Waals surface area contributed by atoms with E-state index in [9.17, 15) is 32.7 Å². The summed E-state index contributed by atoms with van der Waals surface area (Å²) >= 11 is 0. The van der Waals surface area contributed by atoms with Gasteiger partial charge in [-0.25, -0.2) is 13.8 Å². The standard InChI is InChI=1S/C22H18F3N5O2S/c1-13-18(12-27)20(17-8-7-14(11-26)9-19(17)33(3,28)32)29(2)21(31)30(13)16-6-4-5-15(10-16)22(23,24)25/h4-10,20,28H,1-3H3. The number of nitrogens with one attached hydrogen (secondary N) is 1. The molecule has 170 valence electrons. The number of likely N-dealkylation sites (N-methyl/N-ethyl adjacent to an activating group) is 1. The summed E-state index contributed by atoms with van der Waals surface area (Å²) in [6.45, 7) is 1.43. The number of hydrogen-bond donors (Lipinski definition) is 1. The molecule has 33 heavy (non-hydrogen) atoms. The molecular weight excluding hydrogens is 455 g/mol. The van der Waals surface area contributed by atoms with Gasteiger partial charge in [0.05, 0.1) is 55.2 Å². The number of carbonyl (C=O) groups is 1. The highest BCUT2D eigenvalue weighted by atomic mass is 32.2. The van der Waals surface area contributed by atoms with Crippen LogP contribution in [0.15, 0.2) is 58.6 Å². The monoisotopic (exact) mass is 473 g/mol. The first-order valence-corrected chi connectivity index (χ1v) is 11.4. The summed E-state index contributed by atoms with van der Waals surface area (Å²) in [7, 11) is -1.99. The maximum absolute atomic E-state index is 13.3. The first kappa shape index (κ1) is 23.8. The lowest BCUT2D eigenvalue weighted by molar-refractivity contribution is -0.137. The summed E-state index contributed by atoms with van der Waals surface area (Å²) in [4.78, 5) is 15.4. The van der Waals surface area contributed by atoms with Crippen LogP contribution in [0, 0.1) is 27.4 Å². The van der Waals surface area contributed by atoms with Gasteiger partial charge in [0.1, 0.15) is 0 Å². The fraction of sp³-hybridized carbons (Fsp3) is 0.227. The van der Waals surface area contributed by atoms with Crippen molar-refractivity contribution in [3.63, 3.8) is 0 Å². The third kappa shape index (κ3) is 4.28. The van der Waals surface area contributed by atoms with E-state index >= 15 is 0 Å². The summed E-state index contributed by atoms with van der Waals surface area (Å²) in [5, 5.41) is 19.1. The predicted octanol–water partition coefficient (Wildman–Crippen LogP) is 5.02. The van der Waals surface area contributed by atoms with Crippen molar-refractivity contribution in [1.29, 1.82) is 15.3 Å². The van der Waals surface area contributed by atoms with Gasteiger partial charge in [-0.05, 0) is 42.8 Å². The van der Waals surface area contributed by atoms with Crippen LogP contribution in [0.3, 0.4) is 0 Å². The van der Waals surface area contributed by atoms with Crippen LogP contribution in [0.1, 0.15) is 29.7 Å². The van der Waals surface area contributed by atoms with Crippen LogP contribution >= 0.6 is 0 Å². The Morgan fingerprint density at radius 1 is 1.12 bits per heavy atom. The van der Waals surface area contributed by atoms with Gasteiger partial charge < -0.3 is 4.90 Å². The van der Waals surface area contributed by atoms with Gasteiger partial charge in [0.2, 0.25) is 0 Å². The number of carbonyl (C=O) groups excluding carboxylic acids is 1. The highest BCUT2D eigenvalue weighted by Crippen LogP contribution is 2.41. The molecule has 1 aliphatic rings. The molecule has 2 amide bonds. The number of urea groups is 1. The number of benzene rings is 2. The van der Waals surface area contributed by atoms with Crippen LogP contribution < -0.4 is 4.90 Å². The first-order chi connectivity index (χ1) is 15.3. The number of allylic oxidation sites excluding steroid dienone is 1. The Morgan fingerprint density at radius 3 is 2.33 bits per heavy atom. The summed E-state index contributed by atoms with van der Waals surface area (Å²) in [5.41, 5.74) is -0.488. The number of halogens is 3. The molecular formula is C22H18F3N5O2S. The molecule has 2 unspecified atom stereocenters. The molecule has 0 aliphatic carbocycles. The van der Waals surface area contributed by atoms with Crippen LogP contribution in [-0.4, -0.2) is 28.4 Å². The van der Waals surface area contributed by atoms with E-state index in [1.807, 2.05) is 12.1 Å². The van der Waals surface area contributed by atoms with Crippen molar-refractivity contribution in [2.45, 2.75) is 24.0 Å². The molecule has 1 heterocycles.